The molecule has 2 aromatic rings. The zero-order valence-corrected chi connectivity index (χ0v) is 16.7. The molecule has 1 N–H and O–H groups in total. The van der Waals surface area contributed by atoms with Gasteiger partial charge in [-0.2, -0.15) is 0 Å². The van der Waals surface area contributed by atoms with Crippen LogP contribution in [-0.4, -0.2) is 28.2 Å². The number of carbonyl (C=O) groups is 1. The van der Waals surface area contributed by atoms with Gasteiger partial charge in [-0.05, 0) is 44.0 Å². The quantitative estimate of drug-likeness (QED) is 0.763. The smallest absolute Gasteiger partial charge is 0.225 e. The fourth-order valence-corrected chi connectivity index (χ4v) is 3.95. The summed E-state index contributed by atoms with van der Waals surface area (Å²) < 4.78 is 5.82. The summed E-state index contributed by atoms with van der Waals surface area (Å²) in [5.41, 5.74) is 0.663. The normalized spacial score (nSPS) is 19.1. The van der Waals surface area contributed by atoms with Gasteiger partial charge in [0.25, 0.3) is 0 Å². The van der Waals surface area contributed by atoms with Gasteiger partial charge in [0.2, 0.25) is 5.91 Å². The van der Waals surface area contributed by atoms with Crippen molar-refractivity contribution in [1.29, 1.82) is 0 Å². The summed E-state index contributed by atoms with van der Waals surface area (Å²) in [5.74, 6) is 0.759. The highest BCUT2D eigenvalue weighted by atomic mass is 35.5. The van der Waals surface area contributed by atoms with Crippen molar-refractivity contribution in [3.63, 3.8) is 0 Å². The van der Waals surface area contributed by atoms with Gasteiger partial charge in [-0.25, -0.2) is 0 Å². The molecule has 0 spiro atoms. The Balaban J connectivity index is 1.87. The number of benzene rings is 2. The first-order valence-electron chi connectivity index (χ1n) is 9.28. The van der Waals surface area contributed by atoms with E-state index >= 15 is 0 Å². The van der Waals surface area contributed by atoms with Crippen molar-refractivity contribution >= 4 is 17.5 Å². The van der Waals surface area contributed by atoms with E-state index < -0.39 is 5.72 Å². The van der Waals surface area contributed by atoms with Crippen LogP contribution in [-0.2, 0) is 11.2 Å². The first kappa shape index (κ1) is 19.7. The third kappa shape index (κ3) is 4.45. The summed E-state index contributed by atoms with van der Waals surface area (Å²) in [6.45, 7) is 5.88. The Morgan fingerprint density at radius 2 is 2.00 bits per heavy atom. The minimum Gasteiger partial charge on any atom is -0.493 e. The highest BCUT2D eigenvalue weighted by Gasteiger charge is 2.41. The SMILES string of the molecule is CC1COc2ccccc2C1N(C(=O)CCc1cccc(Cl)c1)C(C)(C)O. The second-order valence-corrected chi connectivity index (χ2v) is 8.10. The Morgan fingerprint density at radius 1 is 1.26 bits per heavy atom. The van der Waals surface area contributed by atoms with Gasteiger partial charge in [-0.3, -0.25) is 4.79 Å². The van der Waals surface area contributed by atoms with E-state index in [-0.39, 0.29) is 17.9 Å². The van der Waals surface area contributed by atoms with E-state index in [0.29, 0.717) is 24.5 Å². The largest absolute Gasteiger partial charge is 0.493 e. The lowest BCUT2D eigenvalue weighted by Gasteiger charge is -2.45. The van der Waals surface area contributed by atoms with E-state index in [4.69, 9.17) is 16.3 Å². The molecule has 0 saturated carbocycles. The van der Waals surface area contributed by atoms with Gasteiger partial charge < -0.3 is 14.7 Å². The first-order valence-corrected chi connectivity index (χ1v) is 9.66. The molecule has 144 valence electrons. The number of halogens is 1. The van der Waals surface area contributed by atoms with Crippen molar-refractivity contribution in [2.24, 2.45) is 5.92 Å². The molecule has 1 aliphatic heterocycles. The monoisotopic (exact) mass is 387 g/mol. The van der Waals surface area contributed by atoms with Gasteiger partial charge >= 0.3 is 0 Å². The lowest BCUT2D eigenvalue weighted by Crippen LogP contribution is -2.52. The van der Waals surface area contributed by atoms with Gasteiger partial charge in [-0.1, -0.05) is 48.9 Å². The second-order valence-electron chi connectivity index (χ2n) is 7.66. The van der Waals surface area contributed by atoms with Crippen LogP contribution in [0.25, 0.3) is 0 Å². The Labute approximate surface area is 165 Å². The minimum absolute atomic E-state index is 0.0708. The molecule has 0 radical (unpaired) electrons. The number of aryl methyl sites for hydroxylation is 1. The fraction of sp³-hybridized carbons (Fsp3) is 0.409. The molecule has 2 unspecified atom stereocenters. The summed E-state index contributed by atoms with van der Waals surface area (Å²) in [4.78, 5) is 14.8. The second kappa shape index (κ2) is 7.91. The molecule has 5 heteroatoms. The summed E-state index contributed by atoms with van der Waals surface area (Å²) in [5, 5.41) is 11.5. The molecule has 2 aromatic carbocycles. The lowest BCUT2D eigenvalue weighted by atomic mass is 9.88. The number of ether oxygens (including phenoxy) is 1. The summed E-state index contributed by atoms with van der Waals surface area (Å²) >= 11 is 6.04. The number of hydrogen-bond acceptors (Lipinski definition) is 3. The molecule has 0 aromatic heterocycles. The first-order chi connectivity index (χ1) is 12.8. The molecule has 27 heavy (non-hydrogen) atoms. The van der Waals surface area contributed by atoms with Crippen molar-refractivity contribution in [2.75, 3.05) is 6.61 Å². The maximum absolute atomic E-state index is 13.2. The van der Waals surface area contributed by atoms with Gasteiger partial charge in [0, 0.05) is 22.9 Å². The van der Waals surface area contributed by atoms with Crippen LogP contribution in [0.2, 0.25) is 5.02 Å². The zero-order valence-electron chi connectivity index (χ0n) is 16.0. The van der Waals surface area contributed by atoms with Gasteiger partial charge in [0.1, 0.15) is 11.5 Å². The molecule has 0 aliphatic carbocycles. The van der Waals surface area contributed by atoms with Crippen molar-refractivity contribution < 1.29 is 14.6 Å². The summed E-state index contributed by atoms with van der Waals surface area (Å²) in [6.07, 6.45) is 0.877. The van der Waals surface area contributed by atoms with E-state index in [9.17, 15) is 9.90 Å². The predicted octanol–water partition coefficient (Wildman–Crippen LogP) is 4.60. The number of para-hydroxylation sites is 1. The molecule has 3 rings (SSSR count). The predicted molar refractivity (Wildman–Crippen MR) is 107 cm³/mol. The molecule has 1 heterocycles. The number of carbonyl (C=O) groups excluding carboxylic acids is 1. The van der Waals surface area contributed by atoms with E-state index in [1.165, 1.54) is 0 Å². The van der Waals surface area contributed by atoms with Gasteiger partial charge in [0.15, 0.2) is 0 Å². The van der Waals surface area contributed by atoms with E-state index in [1.54, 1.807) is 18.7 Å². The molecule has 0 fully saturated rings. The Hall–Kier alpha value is -2.04. The minimum atomic E-state index is -1.28. The maximum atomic E-state index is 13.2. The average molecular weight is 388 g/mol. The van der Waals surface area contributed by atoms with E-state index in [1.807, 2.05) is 55.5 Å². The molecule has 4 nitrogen and oxygen atoms in total. The van der Waals surface area contributed by atoms with Crippen molar-refractivity contribution in [3.8, 4) is 5.75 Å². The Bertz CT molecular complexity index is 815. The molecule has 1 aliphatic rings. The number of nitrogens with zero attached hydrogens (tertiary/aromatic N) is 1. The molecule has 1 amide bonds. The molecular formula is C22H26ClNO3. The van der Waals surface area contributed by atoms with Crippen LogP contribution in [0.4, 0.5) is 0 Å². The van der Waals surface area contributed by atoms with Crippen molar-refractivity contribution in [3.05, 3.63) is 64.7 Å². The van der Waals surface area contributed by atoms with Crippen molar-refractivity contribution in [2.45, 2.75) is 45.4 Å². The number of fused-ring (bicyclic) bond motifs is 1. The summed E-state index contributed by atoms with van der Waals surface area (Å²) in [7, 11) is 0. The van der Waals surface area contributed by atoms with Crippen LogP contribution < -0.4 is 4.74 Å². The van der Waals surface area contributed by atoms with Crippen LogP contribution in [0, 0.1) is 5.92 Å². The zero-order chi connectivity index (χ0) is 19.6. The Morgan fingerprint density at radius 3 is 2.70 bits per heavy atom. The fourth-order valence-electron chi connectivity index (χ4n) is 3.73. The third-order valence-corrected chi connectivity index (χ3v) is 5.17. The van der Waals surface area contributed by atoms with E-state index in [0.717, 1.165) is 16.9 Å². The van der Waals surface area contributed by atoms with Crippen LogP contribution >= 0.6 is 11.6 Å². The van der Waals surface area contributed by atoms with Crippen LogP contribution in [0.1, 0.15) is 44.4 Å². The molecule has 0 saturated heterocycles. The highest BCUT2D eigenvalue weighted by molar-refractivity contribution is 6.30. The summed E-state index contributed by atoms with van der Waals surface area (Å²) in [6, 6.07) is 15.0. The van der Waals surface area contributed by atoms with Gasteiger partial charge in [0.05, 0.1) is 12.6 Å². The lowest BCUT2D eigenvalue weighted by molar-refractivity contribution is -0.165. The van der Waals surface area contributed by atoms with Crippen LogP contribution in [0.15, 0.2) is 48.5 Å². The number of amides is 1. The topological polar surface area (TPSA) is 49.8 Å². The van der Waals surface area contributed by atoms with E-state index in [2.05, 4.69) is 0 Å². The van der Waals surface area contributed by atoms with Crippen molar-refractivity contribution in [1.82, 2.24) is 4.90 Å². The molecular weight excluding hydrogens is 362 g/mol. The Kier molecular flexibility index (Phi) is 5.78. The molecule has 0 bridgehead atoms. The van der Waals surface area contributed by atoms with Gasteiger partial charge in [-0.15, -0.1) is 0 Å². The standard InChI is InChI=1S/C22H26ClNO3/c1-15-14-27-19-10-5-4-9-18(19)21(15)24(22(2,3)26)20(25)12-11-16-7-6-8-17(23)13-16/h4-10,13,15,21,26H,11-12,14H2,1-3H3. The van der Waals surface area contributed by atoms with Crippen LogP contribution in [0.3, 0.4) is 0 Å². The number of aliphatic hydroxyl groups is 1. The molecule has 2 atom stereocenters. The maximum Gasteiger partial charge on any atom is 0.225 e. The average Bonchev–Trinajstić information content (AvgIpc) is 2.61. The third-order valence-electron chi connectivity index (χ3n) is 4.93. The highest BCUT2D eigenvalue weighted by Crippen LogP contribution is 2.41. The number of hydrogen-bond donors (Lipinski definition) is 1. The number of rotatable bonds is 5. The van der Waals surface area contributed by atoms with Crippen LogP contribution in [0.5, 0.6) is 5.75 Å².